The lowest BCUT2D eigenvalue weighted by atomic mass is 9.97. The maximum atomic E-state index is 6.01. The second-order valence-corrected chi connectivity index (χ2v) is 5.46. The van der Waals surface area contributed by atoms with Crippen molar-refractivity contribution in [1.29, 1.82) is 0 Å². The molecule has 1 heterocycles. The third-order valence-electron chi connectivity index (χ3n) is 4.14. The number of benzene rings is 1. The topological polar surface area (TPSA) is 29.3 Å². The van der Waals surface area contributed by atoms with E-state index >= 15 is 0 Å². The maximum absolute atomic E-state index is 6.01. The van der Waals surface area contributed by atoms with Gasteiger partial charge in [-0.15, -0.1) is 0 Å². The average Bonchev–Trinajstić information content (AvgIpc) is 2.28. The number of rotatable bonds is 2. The summed E-state index contributed by atoms with van der Waals surface area (Å²) >= 11 is 0. The number of hydrogen-bond acceptors (Lipinski definition) is 2. The van der Waals surface area contributed by atoms with Gasteiger partial charge in [0.15, 0.2) is 0 Å². The largest absolute Gasteiger partial charge is 0.328 e. The zero-order valence-electron chi connectivity index (χ0n) is 11.2. The van der Waals surface area contributed by atoms with Crippen LogP contribution in [0, 0.1) is 13.8 Å². The van der Waals surface area contributed by atoms with Crippen molar-refractivity contribution in [2.24, 2.45) is 5.73 Å². The first-order valence-electron chi connectivity index (χ1n) is 6.62. The van der Waals surface area contributed by atoms with E-state index < -0.39 is 0 Å². The molecule has 2 N–H and O–H groups in total. The van der Waals surface area contributed by atoms with Crippen LogP contribution in [0.3, 0.4) is 0 Å². The highest BCUT2D eigenvalue weighted by molar-refractivity contribution is 5.33. The highest BCUT2D eigenvalue weighted by Crippen LogP contribution is 2.21. The molecule has 0 aromatic heterocycles. The molecule has 17 heavy (non-hydrogen) atoms. The van der Waals surface area contributed by atoms with Crippen LogP contribution in [-0.2, 0) is 6.54 Å². The Balaban J connectivity index is 2.08. The molecule has 2 nitrogen and oxygen atoms in total. The molecule has 0 amide bonds. The average molecular weight is 232 g/mol. The molecule has 1 aliphatic heterocycles. The lowest BCUT2D eigenvalue weighted by Gasteiger charge is -2.36. The van der Waals surface area contributed by atoms with Crippen molar-refractivity contribution in [2.45, 2.75) is 52.2 Å². The maximum Gasteiger partial charge on any atom is 0.0239 e. The molecule has 0 aliphatic carbocycles. The third-order valence-corrected chi connectivity index (χ3v) is 4.14. The van der Waals surface area contributed by atoms with Crippen LogP contribution in [0.25, 0.3) is 0 Å². The standard InChI is InChI=1S/C15H24N2/c1-11-5-4-6-14(13(11)3)10-17-8-7-15(16)9-12(17)2/h4-6,12,15H,7-10,16H2,1-3H3. The van der Waals surface area contributed by atoms with E-state index in [-0.39, 0.29) is 0 Å². The van der Waals surface area contributed by atoms with Crippen molar-refractivity contribution in [3.8, 4) is 0 Å². The summed E-state index contributed by atoms with van der Waals surface area (Å²) in [5.74, 6) is 0. The fourth-order valence-electron chi connectivity index (χ4n) is 2.69. The predicted octanol–water partition coefficient (Wildman–Crippen LogP) is 2.62. The molecule has 94 valence electrons. The molecule has 2 atom stereocenters. The van der Waals surface area contributed by atoms with Gasteiger partial charge >= 0.3 is 0 Å². The number of likely N-dealkylation sites (tertiary alicyclic amines) is 1. The van der Waals surface area contributed by atoms with Crippen LogP contribution in [0.5, 0.6) is 0 Å². The Hall–Kier alpha value is -0.860. The second-order valence-electron chi connectivity index (χ2n) is 5.46. The Kier molecular flexibility index (Phi) is 3.85. The van der Waals surface area contributed by atoms with Gasteiger partial charge in [-0.2, -0.15) is 0 Å². The van der Waals surface area contributed by atoms with Crippen LogP contribution in [-0.4, -0.2) is 23.5 Å². The van der Waals surface area contributed by atoms with E-state index in [1.807, 2.05) is 0 Å². The Bertz CT molecular complexity index is 387. The quantitative estimate of drug-likeness (QED) is 0.849. The second kappa shape index (κ2) is 5.19. The number of hydrogen-bond donors (Lipinski definition) is 1. The van der Waals surface area contributed by atoms with E-state index in [0.717, 1.165) is 25.9 Å². The minimum atomic E-state index is 0.403. The summed E-state index contributed by atoms with van der Waals surface area (Å²) in [6, 6.07) is 7.62. The Morgan fingerprint density at radius 2 is 2.12 bits per heavy atom. The molecule has 0 bridgehead atoms. The minimum absolute atomic E-state index is 0.403. The molecule has 0 saturated carbocycles. The zero-order valence-corrected chi connectivity index (χ0v) is 11.2. The molecule has 2 heteroatoms. The van der Waals surface area contributed by atoms with Crippen LogP contribution in [0.15, 0.2) is 18.2 Å². The first kappa shape index (κ1) is 12.6. The predicted molar refractivity (Wildman–Crippen MR) is 73.0 cm³/mol. The van der Waals surface area contributed by atoms with Gasteiger partial charge in [0.25, 0.3) is 0 Å². The molecule has 1 saturated heterocycles. The summed E-state index contributed by atoms with van der Waals surface area (Å²) < 4.78 is 0. The van der Waals surface area contributed by atoms with Crippen molar-refractivity contribution in [2.75, 3.05) is 6.54 Å². The van der Waals surface area contributed by atoms with Gasteiger partial charge in [0.1, 0.15) is 0 Å². The molecule has 0 spiro atoms. The first-order valence-corrected chi connectivity index (χ1v) is 6.62. The molecule has 1 fully saturated rings. The van der Waals surface area contributed by atoms with E-state index in [2.05, 4.69) is 43.9 Å². The van der Waals surface area contributed by atoms with E-state index in [1.165, 1.54) is 16.7 Å². The monoisotopic (exact) mass is 232 g/mol. The van der Waals surface area contributed by atoms with Crippen LogP contribution in [0.4, 0.5) is 0 Å². The fourth-order valence-corrected chi connectivity index (χ4v) is 2.69. The van der Waals surface area contributed by atoms with Crippen LogP contribution in [0.2, 0.25) is 0 Å². The van der Waals surface area contributed by atoms with Gasteiger partial charge < -0.3 is 5.73 Å². The fraction of sp³-hybridized carbons (Fsp3) is 0.600. The van der Waals surface area contributed by atoms with Gasteiger partial charge in [-0.3, -0.25) is 4.90 Å². The van der Waals surface area contributed by atoms with Gasteiger partial charge in [-0.25, -0.2) is 0 Å². The Labute approximate surface area is 105 Å². The molecule has 0 radical (unpaired) electrons. The van der Waals surface area contributed by atoms with Crippen LogP contribution in [0.1, 0.15) is 36.5 Å². The molecular weight excluding hydrogens is 208 g/mol. The third kappa shape index (κ3) is 2.88. The summed E-state index contributed by atoms with van der Waals surface area (Å²) in [7, 11) is 0. The smallest absolute Gasteiger partial charge is 0.0239 e. The molecule has 1 aromatic rings. The minimum Gasteiger partial charge on any atom is -0.328 e. The molecule has 2 rings (SSSR count). The summed E-state index contributed by atoms with van der Waals surface area (Å²) in [4.78, 5) is 2.56. The highest BCUT2D eigenvalue weighted by Gasteiger charge is 2.23. The number of nitrogens with zero attached hydrogens (tertiary/aromatic N) is 1. The Morgan fingerprint density at radius 3 is 2.82 bits per heavy atom. The molecule has 2 unspecified atom stereocenters. The van der Waals surface area contributed by atoms with Crippen molar-refractivity contribution < 1.29 is 0 Å². The summed E-state index contributed by atoms with van der Waals surface area (Å²) in [6.07, 6.45) is 2.26. The molecule has 1 aliphatic rings. The van der Waals surface area contributed by atoms with E-state index in [0.29, 0.717) is 12.1 Å². The summed E-state index contributed by atoms with van der Waals surface area (Å²) in [5.41, 5.74) is 10.3. The van der Waals surface area contributed by atoms with Crippen LogP contribution >= 0.6 is 0 Å². The normalized spacial score (nSPS) is 26.1. The summed E-state index contributed by atoms with van der Waals surface area (Å²) in [5, 5.41) is 0. The Morgan fingerprint density at radius 1 is 1.35 bits per heavy atom. The number of aryl methyl sites for hydroxylation is 1. The SMILES string of the molecule is Cc1cccc(CN2CCC(N)CC2C)c1C. The van der Waals surface area contributed by atoms with Gasteiger partial charge in [-0.05, 0) is 50.3 Å². The van der Waals surface area contributed by atoms with Crippen molar-refractivity contribution >= 4 is 0 Å². The van der Waals surface area contributed by atoms with E-state index in [1.54, 1.807) is 0 Å². The lowest BCUT2D eigenvalue weighted by molar-refractivity contribution is 0.140. The highest BCUT2D eigenvalue weighted by atomic mass is 15.2. The lowest BCUT2D eigenvalue weighted by Crippen LogP contribution is -2.45. The molecular formula is C15H24N2. The van der Waals surface area contributed by atoms with Crippen molar-refractivity contribution in [1.82, 2.24) is 4.90 Å². The van der Waals surface area contributed by atoms with Gasteiger partial charge in [0, 0.05) is 25.2 Å². The zero-order chi connectivity index (χ0) is 12.4. The van der Waals surface area contributed by atoms with Crippen molar-refractivity contribution in [3.63, 3.8) is 0 Å². The first-order chi connectivity index (χ1) is 8.08. The van der Waals surface area contributed by atoms with E-state index in [4.69, 9.17) is 5.73 Å². The summed E-state index contributed by atoms with van der Waals surface area (Å²) in [6.45, 7) is 8.92. The molecule has 1 aromatic carbocycles. The van der Waals surface area contributed by atoms with Gasteiger partial charge in [0.2, 0.25) is 0 Å². The van der Waals surface area contributed by atoms with Crippen LogP contribution < -0.4 is 5.73 Å². The number of nitrogens with two attached hydrogens (primary N) is 1. The van der Waals surface area contributed by atoms with Gasteiger partial charge in [0.05, 0.1) is 0 Å². The van der Waals surface area contributed by atoms with Crippen molar-refractivity contribution in [3.05, 3.63) is 34.9 Å². The van der Waals surface area contributed by atoms with Gasteiger partial charge in [-0.1, -0.05) is 18.2 Å². The number of piperidine rings is 1. The van der Waals surface area contributed by atoms with E-state index in [9.17, 15) is 0 Å².